The lowest BCUT2D eigenvalue weighted by Gasteiger charge is -2.22. The van der Waals surface area contributed by atoms with Crippen molar-refractivity contribution in [3.8, 4) is 0 Å². The Balaban J connectivity index is 1.51. The van der Waals surface area contributed by atoms with Gasteiger partial charge in [-0.1, -0.05) is 48.5 Å². The lowest BCUT2D eigenvalue weighted by atomic mass is 10.0. The van der Waals surface area contributed by atoms with Gasteiger partial charge in [-0.25, -0.2) is 0 Å². The van der Waals surface area contributed by atoms with Crippen molar-refractivity contribution in [3.05, 3.63) is 83.2 Å². The van der Waals surface area contributed by atoms with Crippen molar-refractivity contribution in [3.63, 3.8) is 0 Å². The highest BCUT2D eigenvalue weighted by molar-refractivity contribution is 7.19. The first-order chi connectivity index (χ1) is 12.5. The molecule has 26 heavy (non-hydrogen) atoms. The van der Waals surface area contributed by atoms with E-state index in [-0.39, 0.29) is 12.5 Å². The van der Waals surface area contributed by atoms with Crippen molar-refractivity contribution in [1.29, 1.82) is 0 Å². The van der Waals surface area contributed by atoms with Crippen molar-refractivity contribution >= 4 is 38.1 Å². The highest BCUT2D eigenvalue weighted by Gasteiger charge is 2.26. The molecule has 2 N–H and O–H groups in total. The Morgan fingerprint density at radius 3 is 2.42 bits per heavy atom. The molecule has 4 aromatic rings. The SMILES string of the molecule is CC(O)(CNC(=O)c1ccc2ccccc2c1)c1cc2ccccc2s1. The van der Waals surface area contributed by atoms with Crippen LogP contribution in [0.25, 0.3) is 20.9 Å². The Morgan fingerprint density at radius 1 is 0.962 bits per heavy atom. The van der Waals surface area contributed by atoms with Crippen molar-refractivity contribution in [1.82, 2.24) is 5.32 Å². The van der Waals surface area contributed by atoms with Crippen LogP contribution in [0.1, 0.15) is 22.2 Å². The Bertz CT molecular complexity index is 1060. The van der Waals surface area contributed by atoms with Crippen molar-refractivity contribution in [2.75, 3.05) is 6.54 Å². The fourth-order valence-electron chi connectivity index (χ4n) is 3.02. The van der Waals surface area contributed by atoms with Crippen LogP contribution in [-0.2, 0) is 5.60 Å². The van der Waals surface area contributed by atoms with Gasteiger partial charge in [0.15, 0.2) is 0 Å². The zero-order chi connectivity index (χ0) is 18.1. The summed E-state index contributed by atoms with van der Waals surface area (Å²) in [7, 11) is 0. The van der Waals surface area contributed by atoms with Gasteiger partial charge in [0.1, 0.15) is 5.60 Å². The molecule has 0 aliphatic carbocycles. The highest BCUT2D eigenvalue weighted by atomic mass is 32.1. The van der Waals surface area contributed by atoms with E-state index in [1.54, 1.807) is 18.3 Å². The van der Waals surface area contributed by atoms with E-state index in [4.69, 9.17) is 0 Å². The number of carbonyl (C=O) groups excluding carboxylic acids is 1. The molecule has 0 radical (unpaired) electrons. The van der Waals surface area contributed by atoms with Gasteiger partial charge in [-0.2, -0.15) is 0 Å². The average molecular weight is 361 g/mol. The summed E-state index contributed by atoms with van der Waals surface area (Å²) >= 11 is 1.55. The van der Waals surface area contributed by atoms with Crippen LogP contribution < -0.4 is 5.32 Å². The molecule has 0 spiro atoms. The molecule has 0 saturated carbocycles. The van der Waals surface area contributed by atoms with Gasteiger partial charge in [-0.15, -0.1) is 11.3 Å². The summed E-state index contributed by atoms with van der Waals surface area (Å²) in [5.41, 5.74) is -0.522. The molecule has 1 unspecified atom stereocenters. The second kappa shape index (κ2) is 6.56. The second-order valence-corrected chi connectivity index (χ2v) is 7.75. The molecule has 130 valence electrons. The van der Waals surface area contributed by atoms with Crippen LogP contribution in [0.4, 0.5) is 0 Å². The number of benzene rings is 3. The van der Waals surface area contributed by atoms with Crippen LogP contribution in [0.15, 0.2) is 72.8 Å². The number of fused-ring (bicyclic) bond motifs is 2. The summed E-state index contributed by atoms with van der Waals surface area (Å²) in [6.07, 6.45) is 0. The molecule has 1 atom stereocenters. The number of hydrogen-bond donors (Lipinski definition) is 2. The average Bonchev–Trinajstić information content (AvgIpc) is 3.11. The third-order valence-electron chi connectivity index (χ3n) is 4.56. The predicted molar refractivity (Wildman–Crippen MR) is 108 cm³/mol. The maximum absolute atomic E-state index is 12.5. The normalized spacial score (nSPS) is 13.6. The summed E-state index contributed by atoms with van der Waals surface area (Å²) in [5, 5.41) is 16.9. The molecule has 3 nitrogen and oxygen atoms in total. The fraction of sp³-hybridized carbons (Fsp3) is 0.136. The largest absolute Gasteiger partial charge is 0.383 e. The van der Waals surface area contributed by atoms with Crippen LogP contribution in [0.3, 0.4) is 0 Å². The van der Waals surface area contributed by atoms with Gasteiger partial charge in [-0.3, -0.25) is 4.79 Å². The van der Waals surface area contributed by atoms with E-state index in [9.17, 15) is 9.90 Å². The van der Waals surface area contributed by atoms with Gasteiger partial charge in [0, 0.05) is 15.1 Å². The summed E-state index contributed by atoms with van der Waals surface area (Å²) < 4.78 is 1.13. The summed E-state index contributed by atoms with van der Waals surface area (Å²) in [6.45, 7) is 1.89. The van der Waals surface area contributed by atoms with Crippen molar-refractivity contribution in [2.24, 2.45) is 0 Å². The smallest absolute Gasteiger partial charge is 0.251 e. The molecular formula is C22H19NO2S. The number of nitrogens with one attached hydrogen (secondary N) is 1. The molecule has 4 heteroatoms. The molecule has 1 aromatic heterocycles. The van der Waals surface area contributed by atoms with Gasteiger partial charge in [0.25, 0.3) is 5.91 Å². The van der Waals surface area contributed by atoms with Crippen LogP contribution >= 0.6 is 11.3 Å². The minimum absolute atomic E-state index is 0.158. The number of amides is 1. The minimum Gasteiger partial charge on any atom is -0.383 e. The number of aliphatic hydroxyl groups is 1. The molecule has 0 aliphatic rings. The molecular weight excluding hydrogens is 342 g/mol. The molecule has 0 saturated heterocycles. The van der Waals surface area contributed by atoms with Gasteiger partial charge < -0.3 is 10.4 Å². The van der Waals surface area contributed by atoms with Crippen molar-refractivity contribution < 1.29 is 9.90 Å². The van der Waals surface area contributed by atoms with Gasteiger partial charge in [0.05, 0.1) is 6.54 Å². The molecule has 1 heterocycles. The van der Waals surface area contributed by atoms with E-state index >= 15 is 0 Å². The number of rotatable bonds is 4. The zero-order valence-corrected chi connectivity index (χ0v) is 15.2. The summed E-state index contributed by atoms with van der Waals surface area (Å²) in [6, 6.07) is 23.6. The van der Waals surface area contributed by atoms with E-state index < -0.39 is 5.60 Å². The minimum atomic E-state index is -1.11. The van der Waals surface area contributed by atoms with Crippen LogP contribution in [0.2, 0.25) is 0 Å². The zero-order valence-electron chi connectivity index (χ0n) is 14.4. The molecule has 0 bridgehead atoms. The number of thiophene rings is 1. The summed E-state index contributed by atoms with van der Waals surface area (Å²) in [5.74, 6) is -0.183. The monoisotopic (exact) mass is 361 g/mol. The maximum atomic E-state index is 12.5. The highest BCUT2D eigenvalue weighted by Crippen LogP contribution is 2.32. The van der Waals surface area contributed by atoms with E-state index in [0.29, 0.717) is 5.56 Å². The summed E-state index contributed by atoms with van der Waals surface area (Å²) in [4.78, 5) is 13.4. The third kappa shape index (κ3) is 3.21. The first kappa shape index (κ1) is 16.8. The van der Waals surface area contributed by atoms with Crippen LogP contribution in [0, 0.1) is 0 Å². The maximum Gasteiger partial charge on any atom is 0.251 e. The molecule has 3 aromatic carbocycles. The predicted octanol–water partition coefficient (Wildman–Crippen LogP) is 4.69. The van der Waals surface area contributed by atoms with E-state index in [2.05, 4.69) is 5.32 Å². The lowest BCUT2D eigenvalue weighted by molar-refractivity contribution is 0.0557. The quantitative estimate of drug-likeness (QED) is 0.554. The topological polar surface area (TPSA) is 49.3 Å². The third-order valence-corrected chi connectivity index (χ3v) is 5.93. The molecule has 0 aliphatic heterocycles. The standard InChI is InChI=1S/C22H19NO2S/c1-22(25,20-13-17-8-4-5-9-19(17)26-20)14-23-21(24)18-11-10-15-6-2-3-7-16(15)12-18/h2-13,25H,14H2,1H3,(H,23,24). The second-order valence-electron chi connectivity index (χ2n) is 6.67. The van der Waals surface area contributed by atoms with Gasteiger partial charge in [0.2, 0.25) is 0 Å². The fourth-order valence-corrected chi connectivity index (χ4v) is 4.13. The van der Waals surface area contributed by atoms with E-state index in [1.165, 1.54) is 0 Å². The molecule has 0 fully saturated rings. The van der Waals surface area contributed by atoms with Crippen LogP contribution in [-0.4, -0.2) is 17.6 Å². The molecule has 4 rings (SSSR count). The van der Waals surface area contributed by atoms with E-state index in [1.807, 2.05) is 72.8 Å². The van der Waals surface area contributed by atoms with Crippen molar-refractivity contribution in [2.45, 2.75) is 12.5 Å². The number of hydrogen-bond acceptors (Lipinski definition) is 3. The van der Waals surface area contributed by atoms with Gasteiger partial charge in [-0.05, 0) is 47.3 Å². The lowest BCUT2D eigenvalue weighted by Crippen LogP contribution is -2.38. The first-order valence-electron chi connectivity index (χ1n) is 8.51. The number of carbonyl (C=O) groups is 1. The Morgan fingerprint density at radius 2 is 1.65 bits per heavy atom. The molecule has 1 amide bonds. The van der Waals surface area contributed by atoms with Crippen LogP contribution in [0.5, 0.6) is 0 Å². The Labute approximate surface area is 155 Å². The first-order valence-corrected chi connectivity index (χ1v) is 9.33. The van der Waals surface area contributed by atoms with Gasteiger partial charge >= 0.3 is 0 Å². The Kier molecular flexibility index (Phi) is 4.23. The Hall–Kier alpha value is -2.69. The van der Waals surface area contributed by atoms with E-state index in [0.717, 1.165) is 25.7 Å².